The Kier molecular flexibility index (Phi) is 4.73. The van der Waals surface area contributed by atoms with E-state index in [1.807, 2.05) is 6.07 Å². The normalized spacial score (nSPS) is 11.7. The summed E-state index contributed by atoms with van der Waals surface area (Å²) in [6, 6.07) is 6.82. The van der Waals surface area contributed by atoms with Crippen molar-refractivity contribution >= 4 is 10.9 Å². The minimum atomic E-state index is -4.18. The highest BCUT2D eigenvalue weighted by Gasteiger charge is 2.26. The van der Waals surface area contributed by atoms with Crippen LogP contribution in [0.1, 0.15) is 12.8 Å². The first-order valence-electron chi connectivity index (χ1n) is 7.51. The molecule has 6 nitrogen and oxygen atoms in total. The number of aromatic nitrogens is 4. The molecule has 0 aliphatic heterocycles. The van der Waals surface area contributed by atoms with Gasteiger partial charge >= 0.3 is 6.18 Å². The summed E-state index contributed by atoms with van der Waals surface area (Å²) in [6.07, 6.45) is -2.21. The fraction of sp³-hybridized carbons (Fsp3) is 0.312. The van der Waals surface area contributed by atoms with Crippen molar-refractivity contribution in [3.05, 3.63) is 36.8 Å². The highest BCUT2D eigenvalue weighted by molar-refractivity contribution is 5.84. The van der Waals surface area contributed by atoms with Crippen LogP contribution in [0, 0.1) is 0 Å². The molecular formula is C16H15F3N4O2. The average Bonchev–Trinajstić information content (AvgIpc) is 2.98. The molecule has 0 N–H and O–H groups in total. The van der Waals surface area contributed by atoms with Gasteiger partial charge in [-0.3, -0.25) is 4.68 Å². The quantitative estimate of drug-likeness (QED) is 0.672. The summed E-state index contributed by atoms with van der Waals surface area (Å²) in [5.74, 6) is 1.06. The van der Waals surface area contributed by atoms with Crippen LogP contribution in [0.3, 0.4) is 0 Å². The largest absolute Gasteiger partial charge is 0.481 e. The molecule has 0 saturated heterocycles. The third-order valence-electron chi connectivity index (χ3n) is 3.50. The maximum Gasteiger partial charge on any atom is 0.389 e. The van der Waals surface area contributed by atoms with Gasteiger partial charge < -0.3 is 9.47 Å². The van der Waals surface area contributed by atoms with Crippen LogP contribution in [0.25, 0.3) is 10.9 Å². The Morgan fingerprint density at radius 2 is 1.96 bits per heavy atom. The maximum absolute atomic E-state index is 12.4. The molecule has 3 rings (SSSR count). The Bertz CT molecular complexity index is 864. The Hall–Kier alpha value is -2.84. The van der Waals surface area contributed by atoms with E-state index >= 15 is 0 Å². The minimum absolute atomic E-state index is 0.0596. The fourth-order valence-electron chi connectivity index (χ4n) is 2.39. The second-order valence-corrected chi connectivity index (χ2v) is 5.28. The number of para-hydroxylation sites is 1. The first-order valence-corrected chi connectivity index (χ1v) is 7.51. The van der Waals surface area contributed by atoms with Crippen LogP contribution in [0.5, 0.6) is 17.5 Å². The first-order chi connectivity index (χ1) is 12.0. The van der Waals surface area contributed by atoms with Crippen molar-refractivity contribution in [1.29, 1.82) is 0 Å². The fourth-order valence-corrected chi connectivity index (χ4v) is 2.39. The van der Waals surface area contributed by atoms with Gasteiger partial charge in [0.15, 0.2) is 5.75 Å². The Morgan fingerprint density at radius 3 is 2.72 bits per heavy atom. The summed E-state index contributed by atoms with van der Waals surface area (Å²) in [5.41, 5.74) is 0.613. The first kappa shape index (κ1) is 17.0. The molecule has 0 fully saturated rings. The average molecular weight is 352 g/mol. The molecule has 0 aliphatic carbocycles. The lowest BCUT2D eigenvalue weighted by Gasteiger charge is -2.10. The number of fused-ring (bicyclic) bond motifs is 1. The zero-order valence-electron chi connectivity index (χ0n) is 13.3. The van der Waals surface area contributed by atoms with E-state index in [2.05, 4.69) is 15.1 Å². The summed E-state index contributed by atoms with van der Waals surface area (Å²) >= 11 is 0. The molecule has 0 aliphatic rings. The van der Waals surface area contributed by atoms with Crippen LogP contribution >= 0.6 is 0 Å². The molecule has 132 valence electrons. The number of hydrogen-bond acceptors (Lipinski definition) is 5. The van der Waals surface area contributed by atoms with Crippen LogP contribution in [0.15, 0.2) is 36.8 Å². The maximum atomic E-state index is 12.4. The van der Waals surface area contributed by atoms with E-state index in [0.717, 1.165) is 5.39 Å². The van der Waals surface area contributed by atoms with Gasteiger partial charge in [0.05, 0.1) is 19.4 Å². The molecular weight excluding hydrogens is 337 g/mol. The standard InChI is InChI=1S/C16H15F3N4O2/c1-24-13-8-14(21-10-20-13)25-12-5-2-4-11-9-22-23(15(11)12)7-3-6-16(17,18)19/h2,4-5,8-10H,3,6-7H2,1H3. The van der Waals surface area contributed by atoms with Crippen LogP contribution < -0.4 is 9.47 Å². The molecule has 3 aromatic rings. The Morgan fingerprint density at radius 1 is 1.16 bits per heavy atom. The van der Waals surface area contributed by atoms with E-state index in [9.17, 15) is 13.2 Å². The molecule has 0 spiro atoms. The number of nitrogens with zero attached hydrogens (tertiary/aromatic N) is 4. The summed E-state index contributed by atoms with van der Waals surface area (Å²) < 4.78 is 49.4. The molecule has 0 saturated carbocycles. The van der Waals surface area contributed by atoms with Crippen LogP contribution in [0.4, 0.5) is 13.2 Å². The van der Waals surface area contributed by atoms with Crippen LogP contribution in [-0.4, -0.2) is 33.0 Å². The molecule has 25 heavy (non-hydrogen) atoms. The van der Waals surface area contributed by atoms with E-state index in [0.29, 0.717) is 17.1 Å². The molecule has 0 bridgehead atoms. The summed E-state index contributed by atoms with van der Waals surface area (Å²) in [5, 5.41) is 4.93. The molecule has 0 atom stereocenters. The number of alkyl halides is 3. The van der Waals surface area contributed by atoms with Crippen molar-refractivity contribution in [2.45, 2.75) is 25.6 Å². The smallest absolute Gasteiger partial charge is 0.389 e. The number of benzene rings is 1. The van der Waals surface area contributed by atoms with E-state index in [1.165, 1.54) is 24.2 Å². The third kappa shape index (κ3) is 4.17. The number of methoxy groups -OCH3 is 1. The van der Waals surface area contributed by atoms with E-state index in [1.54, 1.807) is 18.3 Å². The van der Waals surface area contributed by atoms with E-state index in [-0.39, 0.29) is 18.8 Å². The van der Waals surface area contributed by atoms with Crippen molar-refractivity contribution < 1.29 is 22.6 Å². The summed E-state index contributed by atoms with van der Waals surface area (Å²) in [7, 11) is 1.47. The molecule has 2 aromatic heterocycles. The molecule has 0 radical (unpaired) electrons. The van der Waals surface area contributed by atoms with Gasteiger partial charge in [-0.15, -0.1) is 0 Å². The number of ether oxygens (including phenoxy) is 2. The number of aryl methyl sites for hydroxylation is 1. The molecule has 2 heterocycles. The van der Waals surface area contributed by atoms with Crippen LogP contribution in [0.2, 0.25) is 0 Å². The number of hydrogen-bond donors (Lipinski definition) is 0. The predicted molar refractivity (Wildman–Crippen MR) is 83.7 cm³/mol. The van der Waals surface area contributed by atoms with Crippen molar-refractivity contribution in [2.75, 3.05) is 7.11 Å². The Labute approximate surface area is 141 Å². The van der Waals surface area contributed by atoms with E-state index in [4.69, 9.17) is 9.47 Å². The zero-order valence-corrected chi connectivity index (χ0v) is 13.3. The van der Waals surface area contributed by atoms with Gasteiger partial charge in [0.1, 0.15) is 11.8 Å². The third-order valence-corrected chi connectivity index (χ3v) is 3.50. The monoisotopic (exact) mass is 352 g/mol. The van der Waals surface area contributed by atoms with E-state index < -0.39 is 12.6 Å². The number of halogens is 3. The van der Waals surface area contributed by atoms with Crippen LogP contribution in [-0.2, 0) is 6.54 Å². The lowest BCUT2D eigenvalue weighted by Crippen LogP contribution is -2.10. The van der Waals surface area contributed by atoms with Gasteiger partial charge in [-0.05, 0) is 12.5 Å². The highest BCUT2D eigenvalue weighted by atomic mass is 19.4. The van der Waals surface area contributed by atoms with Gasteiger partial charge in [0.25, 0.3) is 0 Å². The molecule has 9 heteroatoms. The summed E-state index contributed by atoms with van der Waals surface area (Å²) in [4.78, 5) is 7.90. The molecule has 1 aromatic carbocycles. The SMILES string of the molecule is COc1cc(Oc2cccc3cnn(CCCC(F)(F)F)c23)ncn1. The van der Waals surface area contributed by atoms with Gasteiger partial charge in [0, 0.05) is 18.4 Å². The summed E-state index contributed by atoms with van der Waals surface area (Å²) in [6.45, 7) is 0.135. The van der Waals surface area contributed by atoms with Crippen molar-refractivity contribution in [3.63, 3.8) is 0 Å². The second kappa shape index (κ2) is 6.96. The Balaban J connectivity index is 1.86. The van der Waals surface area contributed by atoms with Gasteiger partial charge in [0.2, 0.25) is 11.8 Å². The molecule has 0 amide bonds. The lowest BCUT2D eigenvalue weighted by atomic mass is 10.2. The minimum Gasteiger partial charge on any atom is -0.481 e. The molecule has 0 unspecified atom stereocenters. The topological polar surface area (TPSA) is 62.1 Å². The van der Waals surface area contributed by atoms with Gasteiger partial charge in [-0.25, -0.2) is 9.97 Å². The predicted octanol–water partition coefficient (Wildman–Crippen LogP) is 3.97. The zero-order chi connectivity index (χ0) is 17.9. The van der Waals surface area contributed by atoms with Gasteiger partial charge in [-0.1, -0.05) is 12.1 Å². The second-order valence-electron chi connectivity index (χ2n) is 5.28. The lowest BCUT2D eigenvalue weighted by molar-refractivity contribution is -0.135. The van der Waals surface area contributed by atoms with Crippen molar-refractivity contribution in [1.82, 2.24) is 19.7 Å². The van der Waals surface area contributed by atoms with Crippen molar-refractivity contribution in [3.8, 4) is 17.5 Å². The van der Waals surface area contributed by atoms with Crippen molar-refractivity contribution in [2.24, 2.45) is 0 Å². The highest BCUT2D eigenvalue weighted by Crippen LogP contribution is 2.30. The van der Waals surface area contributed by atoms with Gasteiger partial charge in [-0.2, -0.15) is 18.3 Å². The number of rotatable bonds is 6.